The average Bonchev–Trinajstić information content (AvgIpc) is 3.04. The van der Waals surface area contributed by atoms with E-state index in [0.717, 1.165) is 31.9 Å². The summed E-state index contributed by atoms with van der Waals surface area (Å²) in [6.07, 6.45) is 3.99. The maximum Gasteiger partial charge on any atom is 0.255 e. The highest BCUT2D eigenvalue weighted by molar-refractivity contribution is 5.94. The number of rotatable bonds is 2. The van der Waals surface area contributed by atoms with Crippen LogP contribution < -0.4 is 4.90 Å². The molecule has 0 bridgehead atoms. The third kappa shape index (κ3) is 3.13. The summed E-state index contributed by atoms with van der Waals surface area (Å²) in [5, 5.41) is 0. The van der Waals surface area contributed by atoms with Gasteiger partial charge in [-0.05, 0) is 48.4 Å². The van der Waals surface area contributed by atoms with Gasteiger partial charge in [-0.1, -0.05) is 32.0 Å². The summed E-state index contributed by atoms with van der Waals surface area (Å²) < 4.78 is 0. The Bertz CT molecular complexity index is 761. The molecule has 2 aliphatic heterocycles. The van der Waals surface area contributed by atoms with Gasteiger partial charge >= 0.3 is 0 Å². The van der Waals surface area contributed by atoms with Crippen LogP contribution in [0.3, 0.4) is 0 Å². The first kappa shape index (κ1) is 16.1. The maximum absolute atomic E-state index is 12.8. The van der Waals surface area contributed by atoms with Gasteiger partial charge < -0.3 is 9.80 Å². The molecule has 4 heteroatoms. The van der Waals surface area contributed by atoms with Gasteiger partial charge in [-0.15, -0.1) is 0 Å². The minimum absolute atomic E-state index is 0.110. The van der Waals surface area contributed by atoms with Crippen LogP contribution >= 0.6 is 0 Å². The van der Waals surface area contributed by atoms with Gasteiger partial charge in [-0.3, -0.25) is 4.79 Å². The predicted molar refractivity (Wildman–Crippen MR) is 100 cm³/mol. The third-order valence-corrected chi connectivity index (χ3v) is 5.31. The molecular formula is C21H25N3O. The first-order valence-corrected chi connectivity index (χ1v) is 9.22. The van der Waals surface area contributed by atoms with Crippen molar-refractivity contribution < 1.29 is 4.79 Å². The number of benzene rings is 1. The van der Waals surface area contributed by atoms with Crippen molar-refractivity contribution in [2.75, 3.05) is 24.5 Å². The van der Waals surface area contributed by atoms with Gasteiger partial charge in [0, 0.05) is 31.5 Å². The summed E-state index contributed by atoms with van der Waals surface area (Å²) in [6.45, 7) is 7.10. The van der Waals surface area contributed by atoms with Crippen molar-refractivity contribution in [3.8, 4) is 0 Å². The molecule has 3 heterocycles. The molecule has 2 aliphatic rings. The number of para-hydroxylation sites is 1. The van der Waals surface area contributed by atoms with Crippen molar-refractivity contribution in [3.63, 3.8) is 0 Å². The molecule has 4 rings (SSSR count). The highest BCUT2D eigenvalue weighted by Gasteiger charge is 2.27. The normalized spacial score (nSPS) is 22.8. The van der Waals surface area contributed by atoms with Crippen molar-refractivity contribution >= 4 is 17.4 Å². The lowest BCUT2D eigenvalue weighted by Crippen LogP contribution is -2.42. The summed E-state index contributed by atoms with van der Waals surface area (Å²) in [5.41, 5.74) is 3.28. The first-order chi connectivity index (χ1) is 12.1. The second-order valence-electron chi connectivity index (χ2n) is 7.59. The second-order valence-corrected chi connectivity index (χ2v) is 7.59. The molecule has 1 amide bonds. The minimum atomic E-state index is 0.110. The van der Waals surface area contributed by atoms with Crippen LogP contribution in [0.15, 0.2) is 42.6 Å². The van der Waals surface area contributed by atoms with Crippen molar-refractivity contribution in [1.82, 2.24) is 9.88 Å². The SMILES string of the molecule is CC1CC(C)CN(C(=O)c2ccc(N3CCc4ccccc43)nc2)C1. The van der Waals surface area contributed by atoms with Gasteiger partial charge in [-0.2, -0.15) is 0 Å². The van der Waals surface area contributed by atoms with E-state index in [4.69, 9.17) is 0 Å². The van der Waals surface area contributed by atoms with Crippen LogP contribution in [0, 0.1) is 11.8 Å². The Balaban J connectivity index is 1.52. The molecule has 1 aromatic heterocycles. The van der Waals surface area contributed by atoms with Crippen LogP contribution in [0.2, 0.25) is 0 Å². The van der Waals surface area contributed by atoms with Crippen molar-refractivity contribution in [2.45, 2.75) is 26.7 Å². The Kier molecular flexibility index (Phi) is 4.20. The lowest BCUT2D eigenvalue weighted by Gasteiger charge is -2.35. The van der Waals surface area contributed by atoms with E-state index in [1.54, 1.807) is 6.20 Å². The van der Waals surface area contributed by atoms with Gasteiger partial charge in [0.2, 0.25) is 0 Å². The zero-order chi connectivity index (χ0) is 17.4. The van der Waals surface area contributed by atoms with E-state index in [9.17, 15) is 4.79 Å². The highest BCUT2D eigenvalue weighted by Crippen LogP contribution is 2.33. The summed E-state index contributed by atoms with van der Waals surface area (Å²) >= 11 is 0. The number of nitrogens with zero attached hydrogens (tertiary/aromatic N) is 3. The molecule has 25 heavy (non-hydrogen) atoms. The summed E-state index contributed by atoms with van der Waals surface area (Å²) in [5.74, 6) is 2.17. The Morgan fingerprint density at radius 2 is 1.84 bits per heavy atom. The standard InChI is InChI=1S/C21H25N3O/c1-15-11-16(2)14-23(13-15)21(25)18-7-8-20(22-12-18)24-10-9-17-5-3-4-6-19(17)24/h3-8,12,15-16H,9-11,13-14H2,1-2H3. The number of carbonyl (C=O) groups is 1. The number of aromatic nitrogens is 1. The Labute approximate surface area is 149 Å². The number of pyridine rings is 1. The number of amides is 1. The van der Waals surface area contributed by atoms with Crippen LogP contribution in [-0.2, 0) is 6.42 Å². The molecule has 0 saturated carbocycles. The topological polar surface area (TPSA) is 36.4 Å². The molecule has 1 aromatic carbocycles. The zero-order valence-electron chi connectivity index (χ0n) is 15.0. The van der Waals surface area contributed by atoms with E-state index in [0.29, 0.717) is 17.4 Å². The second kappa shape index (κ2) is 6.51. The fraction of sp³-hybridized carbons (Fsp3) is 0.429. The first-order valence-electron chi connectivity index (χ1n) is 9.22. The van der Waals surface area contributed by atoms with Gasteiger partial charge in [0.05, 0.1) is 5.56 Å². The van der Waals surface area contributed by atoms with E-state index >= 15 is 0 Å². The summed E-state index contributed by atoms with van der Waals surface area (Å²) in [4.78, 5) is 21.6. The average molecular weight is 335 g/mol. The number of hydrogen-bond acceptors (Lipinski definition) is 3. The number of likely N-dealkylation sites (tertiary alicyclic amines) is 1. The van der Waals surface area contributed by atoms with E-state index in [-0.39, 0.29) is 5.91 Å². The molecule has 2 aromatic rings. The molecule has 0 radical (unpaired) electrons. The molecule has 0 spiro atoms. The molecule has 2 atom stereocenters. The van der Waals surface area contributed by atoms with Crippen LogP contribution in [0.5, 0.6) is 0 Å². The number of piperidine rings is 1. The number of hydrogen-bond donors (Lipinski definition) is 0. The van der Waals surface area contributed by atoms with Crippen LogP contribution in [0.1, 0.15) is 36.2 Å². The van der Waals surface area contributed by atoms with E-state index < -0.39 is 0 Å². The van der Waals surface area contributed by atoms with Crippen molar-refractivity contribution in [2.24, 2.45) is 11.8 Å². The third-order valence-electron chi connectivity index (χ3n) is 5.31. The van der Waals surface area contributed by atoms with Gasteiger partial charge in [0.25, 0.3) is 5.91 Å². The van der Waals surface area contributed by atoms with E-state index in [1.807, 2.05) is 17.0 Å². The van der Waals surface area contributed by atoms with Gasteiger partial charge in [0.1, 0.15) is 5.82 Å². The molecule has 0 N–H and O–H groups in total. The number of anilines is 2. The Morgan fingerprint density at radius 1 is 1.08 bits per heavy atom. The fourth-order valence-corrected chi connectivity index (χ4v) is 4.26. The van der Waals surface area contributed by atoms with Crippen LogP contribution in [-0.4, -0.2) is 35.4 Å². The quantitative estimate of drug-likeness (QED) is 0.835. The Morgan fingerprint density at radius 3 is 2.56 bits per heavy atom. The molecular weight excluding hydrogens is 310 g/mol. The molecule has 1 saturated heterocycles. The largest absolute Gasteiger partial charge is 0.338 e. The van der Waals surface area contributed by atoms with Gasteiger partial charge in [-0.25, -0.2) is 4.98 Å². The van der Waals surface area contributed by atoms with E-state index in [1.165, 1.54) is 17.7 Å². The van der Waals surface area contributed by atoms with Crippen molar-refractivity contribution in [3.05, 3.63) is 53.7 Å². The van der Waals surface area contributed by atoms with Crippen LogP contribution in [0.4, 0.5) is 11.5 Å². The zero-order valence-corrected chi connectivity index (χ0v) is 15.0. The molecule has 1 fully saturated rings. The highest BCUT2D eigenvalue weighted by atomic mass is 16.2. The number of carbonyl (C=O) groups excluding carboxylic acids is 1. The molecule has 130 valence electrons. The lowest BCUT2D eigenvalue weighted by molar-refractivity contribution is 0.0623. The molecule has 2 unspecified atom stereocenters. The van der Waals surface area contributed by atoms with E-state index in [2.05, 4.69) is 48.0 Å². The minimum Gasteiger partial charge on any atom is -0.338 e. The summed E-state index contributed by atoms with van der Waals surface area (Å²) in [7, 11) is 0. The maximum atomic E-state index is 12.8. The van der Waals surface area contributed by atoms with Crippen molar-refractivity contribution in [1.29, 1.82) is 0 Å². The molecule has 4 nitrogen and oxygen atoms in total. The fourth-order valence-electron chi connectivity index (χ4n) is 4.26. The van der Waals surface area contributed by atoms with Crippen LogP contribution in [0.25, 0.3) is 0 Å². The lowest BCUT2D eigenvalue weighted by atomic mass is 9.91. The smallest absolute Gasteiger partial charge is 0.255 e. The number of fused-ring (bicyclic) bond motifs is 1. The molecule has 0 aliphatic carbocycles. The summed E-state index contributed by atoms with van der Waals surface area (Å²) in [6, 6.07) is 12.4. The Hall–Kier alpha value is -2.36. The monoisotopic (exact) mass is 335 g/mol. The van der Waals surface area contributed by atoms with Gasteiger partial charge in [0.15, 0.2) is 0 Å². The predicted octanol–water partition coefficient (Wildman–Crippen LogP) is 3.89.